The molecule has 0 unspecified atom stereocenters. The van der Waals surface area contributed by atoms with Crippen molar-refractivity contribution in [3.05, 3.63) is 62.7 Å². The number of hydrogen-bond acceptors (Lipinski definition) is 7. The lowest BCUT2D eigenvalue weighted by molar-refractivity contribution is -0.396. The molecule has 0 aliphatic carbocycles. The fourth-order valence-electron chi connectivity index (χ4n) is 2.50. The van der Waals surface area contributed by atoms with Gasteiger partial charge in [0.2, 0.25) is 0 Å². The Kier molecular flexibility index (Phi) is 4.87. The van der Waals surface area contributed by atoms with E-state index in [1.165, 1.54) is 12.1 Å². The molecule has 0 aliphatic rings. The average Bonchev–Trinajstić information content (AvgIpc) is 2.92. The molecule has 0 aliphatic heterocycles. The monoisotopic (exact) mass is 373 g/mol. The van der Waals surface area contributed by atoms with E-state index in [1.54, 1.807) is 0 Å². The molecule has 0 fully saturated rings. The van der Waals surface area contributed by atoms with Crippen LogP contribution in [0.15, 0.2) is 52.5 Å². The number of aromatic nitrogens is 2. The molecule has 2 aromatic carbocycles. The molecular formula is C16H15N5O4S. The van der Waals surface area contributed by atoms with E-state index in [-0.39, 0.29) is 11.4 Å². The first-order valence-corrected chi connectivity index (χ1v) is 8.39. The maximum absolute atomic E-state index is 11.4. The lowest BCUT2D eigenvalue weighted by Crippen LogP contribution is -2.17. The minimum absolute atomic E-state index is 0.302. The van der Waals surface area contributed by atoms with Gasteiger partial charge in [-0.15, -0.1) is 0 Å². The molecule has 0 bridgehead atoms. The van der Waals surface area contributed by atoms with Crippen molar-refractivity contribution >= 4 is 34.2 Å². The molecule has 0 amide bonds. The Hall–Kier alpha value is -2.98. The van der Waals surface area contributed by atoms with Gasteiger partial charge >= 0.3 is 0 Å². The maximum Gasteiger partial charge on any atom is 0.290 e. The van der Waals surface area contributed by atoms with Crippen molar-refractivity contribution < 1.29 is 9.85 Å². The van der Waals surface area contributed by atoms with E-state index >= 15 is 0 Å². The van der Waals surface area contributed by atoms with Crippen LogP contribution in [0.25, 0.3) is 11.0 Å². The third-order valence-corrected chi connectivity index (χ3v) is 4.65. The number of rotatable bonds is 6. The minimum Gasteiger partial charge on any atom is -0.305 e. The van der Waals surface area contributed by atoms with Crippen LogP contribution in [0.3, 0.4) is 0 Å². The minimum atomic E-state index is -0.650. The number of fused-ring (bicyclic) bond motifs is 1. The second kappa shape index (κ2) is 7.10. The molecule has 3 rings (SSSR count). The molecule has 0 radical (unpaired) electrons. The van der Waals surface area contributed by atoms with Crippen molar-refractivity contribution in [1.82, 2.24) is 14.5 Å². The van der Waals surface area contributed by atoms with Crippen LogP contribution in [0.2, 0.25) is 0 Å². The Morgan fingerprint density at radius 3 is 2.50 bits per heavy atom. The van der Waals surface area contributed by atoms with Crippen LogP contribution in [0.1, 0.15) is 0 Å². The SMILES string of the molecule is CN(C)Cn1c(Sc2ccc([N+](=O)[O-])cc2[N+](=O)[O-])nc2ccccc21. The predicted molar refractivity (Wildman–Crippen MR) is 97.3 cm³/mol. The fraction of sp³-hybridized carbons (Fsp3) is 0.188. The maximum atomic E-state index is 11.4. The molecule has 1 aromatic heterocycles. The molecule has 0 spiro atoms. The smallest absolute Gasteiger partial charge is 0.290 e. The molecular weight excluding hydrogens is 358 g/mol. The van der Waals surface area contributed by atoms with Gasteiger partial charge in [-0.2, -0.15) is 0 Å². The summed E-state index contributed by atoms with van der Waals surface area (Å²) in [4.78, 5) is 27.8. The van der Waals surface area contributed by atoms with Crippen molar-refractivity contribution in [2.45, 2.75) is 16.7 Å². The van der Waals surface area contributed by atoms with Crippen LogP contribution in [-0.2, 0) is 6.67 Å². The Morgan fingerprint density at radius 1 is 1.12 bits per heavy atom. The van der Waals surface area contributed by atoms with E-state index in [2.05, 4.69) is 4.98 Å². The number of imidazole rings is 1. The van der Waals surface area contributed by atoms with Gasteiger partial charge in [-0.3, -0.25) is 25.1 Å². The zero-order valence-electron chi connectivity index (χ0n) is 14.0. The normalized spacial score (nSPS) is 11.2. The second-order valence-electron chi connectivity index (χ2n) is 5.80. The zero-order valence-corrected chi connectivity index (χ0v) is 14.8. The third-order valence-electron chi connectivity index (χ3n) is 3.60. The summed E-state index contributed by atoms with van der Waals surface area (Å²) in [6.07, 6.45) is 0. The summed E-state index contributed by atoms with van der Waals surface area (Å²) >= 11 is 1.12. The number of hydrogen-bond donors (Lipinski definition) is 0. The summed E-state index contributed by atoms with van der Waals surface area (Å²) in [5.74, 6) is 0. The highest BCUT2D eigenvalue weighted by molar-refractivity contribution is 7.99. The van der Waals surface area contributed by atoms with Crippen molar-refractivity contribution in [3.63, 3.8) is 0 Å². The van der Waals surface area contributed by atoms with E-state index in [0.717, 1.165) is 28.9 Å². The van der Waals surface area contributed by atoms with Gasteiger partial charge in [-0.25, -0.2) is 4.98 Å². The van der Waals surface area contributed by atoms with Gasteiger partial charge in [-0.1, -0.05) is 12.1 Å². The highest BCUT2D eigenvalue weighted by Crippen LogP contribution is 2.37. The van der Waals surface area contributed by atoms with E-state index in [9.17, 15) is 20.2 Å². The van der Waals surface area contributed by atoms with Crippen molar-refractivity contribution in [1.29, 1.82) is 0 Å². The largest absolute Gasteiger partial charge is 0.305 e. The van der Waals surface area contributed by atoms with Crippen LogP contribution in [0.4, 0.5) is 11.4 Å². The Bertz CT molecular complexity index is 1000. The Labute approximate surface area is 152 Å². The van der Waals surface area contributed by atoms with E-state index in [1.807, 2.05) is 47.8 Å². The van der Waals surface area contributed by atoms with Crippen LogP contribution >= 0.6 is 11.8 Å². The summed E-state index contributed by atoms with van der Waals surface area (Å²) in [5.41, 5.74) is 1.06. The van der Waals surface area contributed by atoms with Crippen LogP contribution in [0.5, 0.6) is 0 Å². The molecule has 9 nitrogen and oxygen atoms in total. The fourth-order valence-corrected chi connectivity index (χ4v) is 3.48. The summed E-state index contributed by atoms with van der Waals surface area (Å²) in [5, 5.41) is 22.8. The molecule has 0 saturated heterocycles. The lowest BCUT2D eigenvalue weighted by atomic mass is 10.3. The average molecular weight is 373 g/mol. The highest BCUT2D eigenvalue weighted by Gasteiger charge is 2.22. The molecule has 10 heteroatoms. The van der Waals surface area contributed by atoms with Gasteiger partial charge in [0.25, 0.3) is 11.4 Å². The number of nitro benzene ring substituents is 2. The Balaban J connectivity index is 2.09. The topological polar surface area (TPSA) is 107 Å². The van der Waals surface area contributed by atoms with Crippen molar-refractivity contribution in [2.75, 3.05) is 14.1 Å². The number of non-ortho nitro benzene ring substituents is 1. The number of nitro groups is 2. The lowest BCUT2D eigenvalue weighted by Gasteiger charge is -2.14. The van der Waals surface area contributed by atoms with Crippen molar-refractivity contribution in [3.8, 4) is 0 Å². The van der Waals surface area contributed by atoms with Gasteiger partial charge < -0.3 is 4.57 Å². The summed E-state index contributed by atoms with van der Waals surface area (Å²) < 4.78 is 1.95. The third kappa shape index (κ3) is 3.51. The van der Waals surface area contributed by atoms with E-state index < -0.39 is 9.85 Å². The zero-order chi connectivity index (χ0) is 18.8. The van der Waals surface area contributed by atoms with Gasteiger partial charge in [0.1, 0.15) is 0 Å². The predicted octanol–water partition coefficient (Wildman–Crippen LogP) is 3.52. The highest BCUT2D eigenvalue weighted by atomic mass is 32.2. The van der Waals surface area contributed by atoms with E-state index in [4.69, 9.17) is 0 Å². The molecule has 0 saturated carbocycles. The number of benzene rings is 2. The molecule has 0 atom stereocenters. The second-order valence-corrected chi connectivity index (χ2v) is 6.81. The van der Waals surface area contributed by atoms with Gasteiger partial charge in [0.15, 0.2) is 5.16 Å². The number of para-hydroxylation sites is 2. The molecule has 3 aromatic rings. The molecule has 134 valence electrons. The Morgan fingerprint density at radius 2 is 1.85 bits per heavy atom. The summed E-state index contributed by atoms with van der Waals surface area (Å²) in [7, 11) is 3.83. The van der Waals surface area contributed by atoms with Crippen LogP contribution < -0.4 is 0 Å². The quantitative estimate of drug-likeness (QED) is 0.480. The molecule has 1 heterocycles. The first-order chi connectivity index (χ1) is 12.4. The standard InChI is InChI=1S/C16H15N5O4S/c1-18(2)10-19-13-6-4-3-5-12(13)17-16(19)26-15-8-7-11(20(22)23)9-14(15)21(24)25/h3-9H,10H2,1-2H3. The van der Waals surface area contributed by atoms with Crippen LogP contribution in [-0.4, -0.2) is 38.4 Å². The summed E-state index contributed by atoms with van der Waals surface area (Å²) in [6, 6.07) is 11.2. The van der Waals surface area contributed by atoms with E-state index in [0.29, 0.717) is 16.7 Å². The molecule has 0 N–H and O–H groups in total. The van der Waals surface area contributed by atoms with Crippen LogP contribution in [0, 0.1) is 20.2 Å². The van der Waals surface area contributed by atoms with Gasteiger partial charge in [0.05, 0.1) is 38.5 Å². The first kappa shape index (κ1) is 17.8. The number of nitrogens with zero attached hydrogens (tertiary/aromatic N) is 5. The van der Waals surface area contributed by atoms with Gasteiger partial charge in [-0.05, 0) is 44.1 Å². The molecule has 26 heavy (non-hydrogen) atoms. The summed E-state index contributed by atoms with van der Waals surface area (Å²) in [6.45, 7) is 0.545. The van der Waals surface area contributed by atoms with Crippen molar-refractivity contribution in [2.24, 2.45) is 0 Å². The van der Waals surface area contributed by atoms with Gasteiger partial charge in [0, 0.05) is 6.07 Å². The first-order valence-electron chi connectivity index (χ1n) is 7.57.